The van der Waals surface area contributed by atoms with E-state index in [0.717, 1.165) is 37.2 Å². The van der Waals surface area contributed by atoms with Gasteiger partial charge in [-0.15, -0.1) is 0 Å². The van der Waals surface area contributed by atoms with E-state index in [-0.39, 0.29) is 11.8 Å². The Kier molecular flexibility index (Phi) is 8.57. The number of nitrogens with zero attached hydrogens (tertiary/aromatic N) is 2. The maximum Gasteiger partial charge on any atom is 0.251 e. The summed E-state index contributed by atoms with van der Waals surface area (Å²) < 4.78 is 14.1. The Hall–Kier alpha value is -2.09. The molecule has 2 aromatic carbocycles. The molecule has 1 atom stereocenters. The average Bonchev–Trinajstić information content (AvgIpc) is 2.78. The van der Waals surface area contributed by atoms with Gasteiger partial charge in [0.2, 0.25) is 5.91 Å². The quantitative estimate of drug-likeness (QED) is 0.622. The third-order valence-electron chi connectivity index (χ3n) is 5.68. The second-order valence-electron chi connectivity index (χ2n) is 7.88. The molecule has 172 valence electrons. The fourth-order valence-corrected chi connectivity index (χ4v) is 4.85. The lowest BCUT2D eigenvalue weighted by atomic mass is 9.96. The van der Waals surface area contributed by atoms with Crippen molar-refractivity contribution in [2.45, 2.75) is 26.3 Å². The smallest absolute Gasteiger partial charge is 0.251 e. The number of rotatable bonds is 7. The van der Waals surface area contributed by atoms with Crippen molar-refractivity contribution in [1.29, 1.82) is 0 Å². The number of carbonyl (C=O) groups is 2. The fraction of sp³-hybridized carbons (Fsp3) is 0.391. The van der Waals surface area contributed by atoms with Gasteiger partial charge in [0.1, 0.15) is 11.0 Å². The number of amides is 2. The Labute approximate surface area is 201 Å². The van der Waals surface area contributed by atoms with Crippen molar-refractivity contribution in [3.05, 3.63) is 63.6 Å². The Bertz CT molecular complexity index is 992. The zero-order valence-corrected chi connectivity index (χ0v) is 20.5. The summed E-state index contributed by atoms with van der Waals surface area (Å²) in [6.07, 6.45) is 3.38. The van der Waals surface area contributed by atoms with E-state index in [1.54, 1.807) is 53.9 Å². The number of benzene rings is 2. The molecule has 0 saturated carbocycles. The van der Waals surface area contributed by atoms with E-state index in [9.17, 15) is 13.8 Å². The first-order chi connectivity index (χ1) is 15.3. The van der Waals surface area contributed by atoms with Crippen molar-refractivity contribution in [1.82, 2.24) is 10.2 Å². The molecule has 1 N–H and O–H groups in total. The molecule has 0 aromatic heterocycles. The first kappa shape index (κ1) is 24.6. The van der Waals surface area contributed by atoms with Gasteiger partial charge in [-0.05, 0) is 54.7 Å². The fourth-order valence-electron chi connectivity index (χ4n) is 3.73. The molecule has 1 saturated heterocycles. The molecule has 1 heterocycles. The highest BCUT2D eigenvalue weighted by Crippen LogP contribution is 2.28. The Morgan fingerprint density at radius 2 is 1.78 bits per heavy atom. The zero-order valence-electron chi connectivity index (χ0n) is 18.1. The normalized spacial score (nSPS) is 15.3. The molecule has 1 aliphatic rings. The van der Waals surface area contributed by atoms with Crippen LogP contribution in [0.2, 0.25) is 10.0 Å². The summed E-state index contributed by atoms with van der Waals surface area (Å²) in [7, 11) is -1.30. The van der Waals surface area contributed by atoms with Gasteiger partial charge in [0.05, 0.1) is 16.6 Å². The van der Waals surface area contributed by atoms with E-state index in [1.165, 1.54) is 0 Å². The summed E-state index contributed by atoms with van der Waals surface area (Å²) in [5, 5.41) is 3.88. The van der Waals surface area contributed by atoms with E-state index in [4.69, 9.17) is 23.2 Å². The SMILES string of the molecule is CC(=O)N1CCC(CNC(=O)c2ccc(N(Cc3cccc(Cl)c3Cl)S(C)=O)cc2)CC1. The number of nitrogens with one attached hydrogen (secondary N) is 1. The lowest BCUT2D eigenvalue weighted by molar-refractivity contribution is -0.130. The van der Waals surface area contributed by atoms with Gasteiger partial charge < -0.3 is 10.2 Å². The number of halogens is 2. The standard InChI is InChI=1S/C23H27Cl2N3O3S/c1-16(29)27-12-10-17(11-13-27)14-26-23(30)18-6-8-20(9-7-18)28(32(2)31)15-19-4-3-5-21(24)22(19)25/h3-9,17H,10-15H2,1-2H3,(H,26,30). The van der Waals surface area contributed by atoms with Crippen LogP contribution >= 0.6 is 23.2 Å². The molecule has 6 nitrogen and oxygen atoms in total. The minimum absolute atomic E-state index is 0.104. The van der Waals surface area contributed by atoms with Crippen molar-refractivity contribution < 1.29 is 13.8 Å². The van der Waals surface area contributed by atoms with Crippen LogP contribution in [0.5, 0.6) is 0 Å². The van der Waals surface area contributed by atoms with Crippen molar-refractivity contribution in [3.63, 3.8) is 0 Å². The lowest BCUT2D eigenvalue weighted by Crippen LogP contribution is -2.40. The molecular formula is C23H27Cl2N3O3S. The molecule has 1 aliphatic heterocycles. The minimum atomic E-state index is -1.30. The molecule has 0 aliphatic carbocycles. The monoisotopic (exact) mass is 495 g/mol. The molecule has 2 amide bonds. The third kappa shape index (κ3) is 6.24. The van der Waals surface area contributed by atoms with Gasteiger partial charge >= 0.3 is 0 Å². The number of likely N-dealkylation sites (tertiary alicyclic amines) is 1. The first-order valence-electron chi connectivity index (χ1n) is 10.4. The van der Waals surface area contributed by atoms with E-state index in [2.05, 4.69) is 5.32 Å². The summed E-state index contributed by atoms with van der Waals surface area (Å²) in [5.74, 6) is 0.328. The van der Waals surface area contributed by atoms with Crippen LogP contribution in [-0.2, 0) is 22.3 Å². The van der Waals surface area contributed by atoms with Gasteiger partial charge in [0.25, 0.3) is 5.91 Å². The van der Waals surface area contributed by atoms with Gasteiger partial charge in [-0.3, -0.25) is 13.9 Å². The second kappa shape index (κ2) is 11.2. The number of anilines is 1. The Balaban J connectivity index is 1.60. The maximum atomic E-state index is 12.6. The molecular weight excluding hydrogens is 469 g/mol. The molecule has 2 aromatic rings. The number of hydrogen-bond donors (Lipinski definition) is 1. The highest BCUT2D eigenvalue weighted by atomic mass is 35.5. The van der Waals surface area contributed by atoms with Crippen LogP contribution in [0.4, 0.5) is 5.69 Å². The van der Waals surface area contributed by atoms with Crippen LogP contribution in [0.1, 0.15) is 35.7 Å². The topological polar surface area (TPSA) is 69.7 Å². The summed E-state index contributed by atoms with van der Waals surface area (Å²) in [5.41, 5.74) is 2.03. The molecule has 1 fully saturated rings. The zero-order chi connectivity index (χ0) is 23.3. The minimum Gasteiger partial charge on any atom is -0.352 e. The van der Waals surface area contributed by atoms with E-state index in [1.807, 2.05) is 11.0 Å². The van der Waals surface area contributed by atoms with Crippen molar-refractivity contribution in [2.24, 2.45) is 5.92 Å². The van der Waals surface area contributed by atoms with E-state index < -0.39 is 11.0 Å². The summed E-state index contributed by atoms with van der Waals surface area (Å²) in [6.45, 7) is 3.98. The maximum absolute atomic E-state index is 12.6. The third-order valence-corrected chi connectivity index (χ3v) is 7.50. The van der Waals surface area contributed by atoms with Crippen LogP contribution in [0.15, 0.2) is 42.5 Å². The van der Waals surface area contributed by atoms with E-state index in [0.29, 0.717) is 34.6 Å². The highest BCUT2D eigenvalue weighted by Gasteiger charge is 2.21. The molecule has 32 heavy (non-hydrogen) atoms. The lowest BCUT2D eigenvalue weighted by Gasteiger charge is -2.31. The van der Waals surface area contributed by atoms with Gasteiger partial charge in [-0.2, -0.15) is 0 Å². The van der Waals surface area contributed by atoms with E-state index >= 15 is 0 Å². The summed E-state index contributed by atoms with van der Waals surface area (Å²) >= 11 is 12.4. The molecule has 0 spiro atoms. The summed E-state index contributed by atoms with van der Waals surface area (Å²) in [6, 6.07) is 12.4. The van der Waals surface area contributed by atoms with Crippen LogP contribution in [0.25, 0.3) is 0 Å². The Morgan fingerprint density at radius 3 is 2.38 bits per heavy atom. The second-order valence-corrected chi connectivity index (χ2v) is 9.95. The van der Waals surface area contributed by atoms with Gasteiger partial charge in [-0.1, -0.05) is 35.3 Å². The predicted molar refractivity (Wildman–Crippen MR) is 130 cm³/mol. The predicted octanol–water partition coefficient (Wildman–Crippen LogP) is 4.28. The van der Waals surface area contributed by atoms with Crippen LogP contribution in [0, 0.1) is 5.92 Å². The van der Waals surface area contributed by atoms with Crippen LogP contribution < -0.4 is 9.62 Å². The molecule has 0 radical (unpaired) electrons. The first-order valence-corrected chi connectivity index (χ1v) is 12.7. The van der Waals surface area contributed by atoms with Crippen LogP contribution in [-0.4, -0.2) is 46.8 Å². The Morgan fingerprint density at radius 1 is 1.12 bits per heavy atom. The van der Waals surface area contributed by atoms with Crippen molar-refractivity contribution in [3.8, 4) is 0 Å². The highest BCUT2D eigenvalue weighted by molar-refractivity contribution is 7.85. The molecule has 0 bridgehead atoms. The largest absolute Gasteiger partial charge is 0.352 e. The summed E-state index contributed by atoms with van der Waals surface area (Å²) in [4.78, 5) is 25.8. The van der Waals surface area contributed by atoms with Crippen LogP contribution in [0.3, 0.4) is 0 Å². The average molecular weight is 496 g/mol. The number of hydrogen-bond acceptors (Lipinski definition) is 3. The van der Waals surface area contributed by atoms with Gasteiger partial charge in [-0.25, -0.2) is 4.21 Å². The number of piperidine rings is 1. The van der Waals surface area contributed by atoms with Gasteiger partial charge in [0.15, 0.2) is 0 Å². The van der Waals surface area contributed by atoms with Crippen molar-refractivity contribution >= 4 is 51.7 Å². The number of carbonyl (C=O) groups excluding carboxylic acids is 2. The molecule has 1 unspecified atom stereocenters. The van der Waals surface area contributed by atoms with Crippen molar-refractivity contribution in [2.75, 3.05) is 30.2 Å². The molecule has 9 heteroatoms. The van der Waals surface area contributed by atoms with Gasteiger partial charge in [0, 0.05) is 44.1 Å². The molecule has 3 rings (SSSR count).